The van der Waals surface area contributed by atoms with Crippen LogP contribution in [0.25, 0.3) is 0 Å². The van der Waals surface area contributed by atoms with Gasteiger partial charge in [-0.05, 0) is 56.5 Å². The molecule has 0 spiro atoms. The van der Waals surface area contributed by atoms with Crippen LogP contribution in [0.2, 0.25) is 0 Å². The molecule has 140 valence electrons. The highest BCUT2D eigenvalue weighted by atomic mass is 79.9. The predicted octanol–water partition coefficient (Wildman–Crippen LogP) is 5.91. The number of ether oxygens (including phenoxy) is 2. The van der Waals surface area contributed by atoms with E-state index in [2.05, 4.69) is 35.1 Å². The van der Waals surface area contributed by atoms with E-state index in [1.54, 1.807) is 6.07 Å². The second kappa shape index (κ2) is 9.62. The van der Waals surface area contributed by atoms with E-state index in [1.807, 2.05) is 50.2 Å². The quantitative estimate of drug-likeness (QED) is 0.577. The van der Waals surface area contributed by atoms with Gasteiger partial charge >= 0.3 is 0 Å². The molecule has 4 nitrogen and oxygen atoms in total. The lowest BCUT2D eigenvalue weighted by Crippen LogP contribution is -2.16. The van der Waals surface area contributed by atoms with E-state index >= 15 is 0 Å². The van der Waals surface area contributed by atoms with Gasteiger partial charge in [-0.25, -0.2) is 0 Å². The maximum absolute atomic E-state index is 12.9. The lowest BCUT2D eigenvalue weighted by atomic mass is 10.1. The summed E-state index contributed by atoms with van der Waals surface area (Å²) in [6, 6.07) is 12.9. The van der Waals surface area contributed by atoms with Crippen molar-refractivity contribution in [2.45, 2.75) is 40.2 Å². The summed E-state index contributed by atoms with van der Waals surface area (Å²) in [5, 5.41) is 2.93. The molecular weight excluding hydrogens is 394 g/mol. The Bertz CT molecular complexity index is 744. The van der Waals surface area contributed by atoms with Crippen molar-refractivity contribution < 1.29 is 14.3 Å². The molecule has 0 heterocycles. The maximum Gasteiger partial charge on any atom is 0.259 e. The summed E-state index contributed by atoms with van der Waals surface area (Å²) < 4.78 is 12.4. The molecule has 0 bridgehead atoms. The lowest BCUT2D eigenvalue weighted by molar-refractivity contribution is 0.102. The Morgan fingerprint density at radius 1 is 1.08 bits per heavy atom. The van der Waals surface area contributed by atoms with Gasteiger partial charge in [-0.3, -0.25) is 4.79 Å². The first-order chi connectivity index (χ1) is 12.4. The number of carbonyl (C=O) groups is 1. The van der Waals surface area contributed by atoms with Crippen molar-refractivity contribution in [2.24, 2.45) is 5.92 Å². The molecule has 0 saturated heterocycles. The highest BCUT2D eigenvalue weighted by Crippen LogP contribution is 2.28. The van der Waals surface area contributed by atoms with Crippen LogP contribution in [-0.2, 0) is 0 Å². The Balaban J connectivity index is 2.20. The summed E-state index contributed by atoms with van der Waals surface area (Å²) in [6.07, 6.45) is 0.955. The van der Waals surface area contributed by atoms with Gasteiger partial charge in [0, 0.05) is 4.47 Å². The fourth-order valence-electron chi connectivity index (χ4n) is 2.33. The van der Waals surface area contributed by atoms with E-state index in [1.165, 1.54) is 0 Å². The molecule has 5 heteroatoms. The summed E-state index contributed by atoms with van der Waals surface area (Å²) >= 11 is 3.43. The van der Waals surface area contributed by atoms with Crippen molar-refractivity contribution in [3.63, 3.8) is 0 Å². The van der Waals surface area contributed by atoms with Crippen molar-refractivity contribution >= 4 is 27.5 Å². The number of hydrogen-bond donors (Lipinski definition) is 1. The van der Waals surface area contributed by atoms with Crippen LogP contribution in [-0.4, -0.2) is 18.6 Å². The first-order valence-corrected chi connectivity index (χ1v) is 9.65. The Morgan fingerprint density at radius 2 is 1.81 bits per heavy atom. The smallest absolute Gasteiger partial charge is 0.259 e. The number of hydrogen-bond acceptors (Lipinski definition) is 3. The highest BCUT2D eigenvalue weighted by molar-refractivity contribution is 9.10. The van der Waals surface area contributed by atoms with Gasteiger partial charge < -0.3 is 14.8 Å². The van der Waals surface area contributed by atoms with Crippen molar-refractivity contribution in [2.75, 3.05) is 11.9 Å². The van der Waals surface area contributed by atoms with Gasteiger partial charge in [-0.2, -0.15) is 0 Å². The molecule has 26 heavy (non-hydrogen) atoms. The van der Waals surface area contributed by atoms with Crippen LogP contribution in [0.1, 0.15) is 44.5 Å². The fraction of sp³-hybridized carbons (Fsp3) is 0.381. The van der Waals surface area contributed by atoms with Crippen molar-refractivity contribution in [3.8, 4) is 11.5 Å². The van der Waals surface area contributed by atoms with Gasteiger partial charge in [-0.15, -0.1) is 0 Å². The van der Waals surface area contributed by atoms with E-state index in [0.29, 0.717) is 35.3 Å². The van der Waals surface area contributed by atoms with Gasteiger partial charge in [0.05, 0.1) is 24.0 Å². The Labute approximate surface area is 164 Å². The van der Waals surface area contributed by atoms with Crippen LogP contribution in [0.4, 0.5) is 5.69 Å². The maximum atomic E-state index is 12.9. The standard InChI is InChI=1S/C21H26BrNO3/c1-14(2)11-12-25-19-10-9-16(22)13-17(19)21(24)23-18-7-5-6-8-20(18)26-15(3)4/h5-10,13-15H,11-12H2,1-4H3,(H,23,24). The average molecular weight is 420 g/mol. The number of anilines is 1. The normalized spacial score (nSPS) is 10.9. The second-order valence-electron chi connectivity index (χ2n) is 6.79. The van der Waals surface area contributed by atoms with Gasteiger partial charge in [0.1, 0.15) is 11.5 Å². The zero-order valence-corrected chi connectivity index (χ0v) is 17.3. The van der Waals surface area contributed by atoms with Crippen LogP contribution >= 0.6 is 15.9 Å². The molecule has 0 aromatic heterocycles. The average Bonchev–Trinajstić information content (AvgIpc) is 2.57. The molecule has 0 unspecified atom stereocenters. The Morgan fingerprint density at radius 3 is 2.50 bits per heavy atom. The van der Waals surface area contributed by atoms with Crippen LogP contribution < -0.4 is 14.8 Å². The molecule has 0 aliphatic rings. The van der Waals surface area contributed by atoms with Crippen molar-refractivity contribution in [1.82, 2.24) is 0 Å². The van der Waals surface area contributed by atoms with E-state index in [4.69, 9.17) is 9.47 Å². The number of nitrogens with one attached hydrogen (secondary N) is 1. The summed E-state index contributed by atoms with van der Waals surface area (Å²) in [6.45, 7) is 8.77. The third-order valence-corrected chi connectivity index (χ3v) is 4.13. The largest absolute Gasteiger partial charge is 0.493 e. The molecule has 0 aliphatic carbocycles. The van der Waals surface area contributed by atoms with Crippen LogP contribution in [0.15, 0.2) is 46.9 Å². The number of benzene rings is 2. The summed E-state index contributed by atoms with van der Waals surface area (Å²) in [4.78, 5) is 12.9. The number of carbonyl (C=O) groups excluding carboxylic acids is 1. The third-order valence-electron chi connectivity index (χ3n) is 3.64. The Kier molecular flexibility index (Phi) is 7.51. The zero-order chi connectivity index (χ0) is 19.1. The SMILES string of the molecule is CC(C)CCOc1ccc(Br)cc1C(=O)Nc1ccccc1OC(C)C. The summed E-state index contributed by atoms with van der Waals surface area (Å²) in [7, 11) is 0. The summed E-state index contributed by atoms with van der Waals surface area (Å²) in [5.74, 6) is 1.54. The van der Waals surface area contributed by atoms with Gasteiger partial charge in [-0.1, -0.05) is 41.9 Å². The monoisotopic (exact) mass is 419 g/mol. The van der Waals surface area contributed by atoms with Crippen LogP contribution in [0.3, 0.4) is 0 Å². The van der Waals surface area contributed by atoms with Gasteiger partial charge in [0.2, 0.25) is 0 Å². The molecule has 0 fully saturated rings. The topological polar surface area (TPSA) is 47.6 Å². The van der Waals surface area contributed by atoms with Crippen LogP contribution in [0.5, 0.6) is 11.5 Å². The van der Waals surface area contributed by atoms with E-state index in [0.717, 1.165) is 10.9 Å². The van der Waals surface area contributed by atoms with Gasteiger partial charge in [0.15, 0.2) is 0 Å². The minimum absolute atomic E-state index is 0.0221. The molecule has 0 saturated carbocycles. The number of para-hydroxylation sites is 2. The minimum atomic E-state index is -0.231. The second-order valence-corrected chi connectivity index (χ2v) is 7.70. The third kappa shape index (κ3) is 6.06. The highest BCUT2D eigenvalue weighted by Gasteiger charge is 2.16. The Hall–Kier alpha value is -2.01. The fourth-order valence-corrected chi connectivity index (χ4v) is 2.69. The molecule has 0 radical (unpaired) electrons. The lowest BCUT2D eigenvalue weighted by Gasteiger charge is -2.16. The van der Waals surface area contributed by atoms with E-state index in [-0.39, 0.29) is 12.0 Å². The molecular formula is C21H26BrNO3. The predicted molar refractivity (Wildman–Crippen MR) is 109 cm³/mol. The minimum Gasteiger partial charge on any atom is -0.493 e. The number of halogens is 1. The molecule has 0 atom stereocenters. The van der Waals surface area contributed by atoms with Crippen molar-refractivity contribution in [1.29, 1.82) is 0 Å². The molecule has 2 rings (SSSR count). The molecule has 2 aromatic carbocycles. The number of amides is 1. The van der Waals surface area contributed by atoms with Crippen molar-refractivity contribution in [3.05, 3.63) is 52.5 Å². The molecule has 0 aliphatic heterocycles. The first kappa shape index (κ1) is 20.3. The molecule has 2 aromatic rings. The van der Waals surface area contributed by atoms with Crippen LogP contribution in [0, 0.1) is 5.92 Å². The molecule has 1 N–H and O–H groups in total. The zero-order valence-electron chi connectivity index (χ0n) is 15.7. The molecule has 1 amide bonds. The van der Waals surface area contributed by atoms with E-state index < -0.39 is 0 Å². The summed E-state index contributed by atoms with van der Waals surface area (Å²) in [5.41, 5.74) is 1.13. The van der Waals surface area contributed by atoms with Gasteiger partial charge in [0.25, 0.3) is 5.91 Å². The van der Waals surface area contributed by atoms with E-state index in [9.17, 15) is 4.79 Å². The first-order valence-electron chi connectivity index (χ1n) is 8.86. The number of rotatable bonds is 8.